The molecule has 2 fully saturated rings. The highest BCUT2D eigenvalue weighted by Crippen LogP contribution is 2.45. The minimum atomic E-state index is 0.151. The Balaban J connectivity index is 2.08. The Morgan fingerprint density at radius 1 is 1.33 bits per heavy atom. The highest BCUT2D eigenvalue weighted by Gasteiger charge is 2.47. The van der Waals surface area contributed by atoms with Gasteiger partial charge < -0.3 is 4.90 Å². The summed E-state index contributed by atoms with van der Waals surface area (Å²) in [7, 11) is 4.30. The zero-order valence-corrected chi connectivity index (χ0v) is 10.6. The van der Waals surface area contributed by atoms with Crippen molar-refractivity contribution in [2.45, 2.75) is 30.7 Å². The van der Waals surface area contributed by atoms with Gasteiger partial charge in [0.1, 0.15) is 5.78 Å². The Labute approximate surface area is 96.2 Å². The molecule has 0 amide bonds. The topological polar surface area (TPSA) is 23.6 Å². The molecule has 0 aromatic carbocycles. The van der Waals surface area contributed by atoms with Crippen LogP contribution in [0, 0.1) is 0 Å². The van der Waals surface area contributed by atoms with Crippen molar-refractivity contribution in [1.82, 2.24) is 9.80 Å². The van der Waals surface area contributed by atoms with Crippen LogP contribution in [0.4, 0.5) is 0 Å². The molecule has 0 bridgehead atoms. The highest BCUT2D eigenvalue weighted by atomic mass is 32.2. The van der Waals surface area contributed by atoms with Gasteiger partial charge in [0.25, 0.3) is 0 Å². The summed E-state index contributed by atoms with van der Waals surface area (Å²) in [6, 6.07) is 0.151. The van der Waals surface area contributed by atoms with Crippen molar-refractivity contribution in [3.63, 3.8) is 0 Å². The number of hydrogen-bond donors (Lipinski definition) is 0. The van der Waals surface area contributed by atoms with Crippen molar-refractivity contribution in [3.8, 4) is 0 Å². The summed E-state index contributed by atoms with van der Waals surface area (Å²) in [5.41, 5.74) is 0. The molecular formula is C11H20N2OS. The van der Waals surface area contributed by atoms with Gasteiger partial charge >= 0.3 is 0 Å². The number of carbonyl (C=O) groups is 1. The molecule has 2 rings (SSSR count). The number of likely N-dealkylation sites (N-methyl/N-ethyl adjacent to an activating group) is 1. The number of likely N-dealkylation sites (tertiary alicyclic amines) is 1. The van der Waals surface area contributed by atoms with Gasteiger partial charge in [-0.05, 0) is 33.9 Å². The molecule has 4 heteroatoms. The fraction of sp³-hybridized carbons (Fsp3) is 0.909. The van der Waals surface area contributed by atoms with Crippen LogP contribution in [-0.2, 0) is 4.79 Å². The van der Waals surface area contributed by atoms with Gasteiger partial charge in [-0.2, -0.15) is 0 Å². The molecule has 1 unspecified atom stereocenters. The lowest BCUT2D eigenvalue weighted by Crippen LogP contribution is -2.51. The van der Waals surface area contributed by atoms with E-state index in [4.69, 9.17) is 0 Å². The standard InChI is InChI=1S/C11H20N2OS/c1-9(14)10-8-15-11(13(10)3)4-6-12(2)7-5-11/h10H,4-8H2,1-3H3. The Hall–Kier alpha value is -0.0600. The molecular weight excluding hydrogens is 208 g/mol. The van der Waals surface area contributed by atoms with Crippen LogP contribution >= 0.6 is 11.8 Å². The third-order valence-corrected chi connectivity index (χ3v) is 5.57. The molecule has 1 atom stereocenters. The molecule has 0 aliphatic carbocycles. The smallest absolute Gasteiger partial charge is 0.147 e. The average molecular weight is 228 g/mol. The number of ketones is 1. The molecule has 15 heavy (non-hydrogen) atoms. The molecule has 0 aromatic rings. The van der Waals surface area contributed by atoms with E-state index in [0.29, 0.717) is 5.78 Å². The summed E-state index contributed by atoms with van der Waals surface area (Å²) >= 11 is 1.99. The first-order chi connectivity index (χ1) is 7.05. The van der Waals surface area contributed by atoms with Crippen molar-refractivity contribution < 1.29 is 4.79 Å². The number of hydrogen-bond acceptors (Lipinski definition) is 4. The van der Waals surface area contributed by atoms with Crippen LogP contribution in [0.15, 0.2) is 0 Å². The van der Waals surface area contributed by atoms with Crippen molar-refractivity contribution in [2.24, 2.45) is 0 Å². The van der Waals surface area contributed by atoms with Gasteiger partial charge in [0.15, 0.2) is 0 Å². The van der Waals surface area contributed by atoms with E-state index < -0.39 is 0 Å². The minimum Gasteiger partial charge on any atom is -0.306 e. The van der Waals surface area contributed by atoms with E-state index >= 15 is 0 Å². The molecule has 86 valence electrons. The monoisotopic (exact) mass is 228 g/mol. The van der Waals surface area contributed by atoms with Crippen molar-refractivity contribution in [3.05, 3.63) is 0 Å². The van der Waals surface area contributed by atoms with E-state index in [1.165, 1.54) is 12.8 Å². The second kappa shape index (κ2) is 4.07. The maximum absolute atomic E-state index is 11.5. The third kappa shape index (κ3) is 1.95. The largest absolute Gasteiger partial charge is 0.306 e. The summed E-state index contributed by atoms with van der Waals surface area (Å²) in [6.07, 6.45) is 2.38. The van der Waals surface area contributed by atoms with Crippen molar-refractivity contribution in [1.29, 1.82) is 0 Å². The molecule has 2 saturated heterocycles. The van der Waals surface area contributed by atoms with Crippen LogP contribution in [0.3, 0.4) is 0 Å². The van der Waals surface area contributed by atoms with E-state index in [1.54, 1.807) is 6.92 Å². The molecule has 0 radical (unpaired) electrons. The molecule has 3 nitrogen and oxygen atoms in total. The molecule has 0 aromatic heterocycles. The van der Waals surface area contributed by atoms with Crippen LogP contribution in [0.2, 0.25) is 0 Å². The van der Waals surface area contributed by atoms with Gasteiger partial charge in [-0.15, -0.1) is 11.8 Å². The van der Waals surface area contributed by atoms with Gasteiger partial charge in [0.2, 0.25) is 0 Å². The van der Waals surface area contributed by atoms with Gasteiger partial charge in [-0.3, -0.25) is 9.69 Å². The van der Waals surface area contributed by atoms with E-state index in [9.17, 15) is 4.79 Å². The quantitative estimate of drug-likeness (QED) is 0.669. The molecule has 0 N–H and O–H groups in total. The molecule has 2 heterocycles. The lowest BCUT2D eigenvalue weighted by molar-refractivity contribution is -0.121. The van der Waals surface area contributed by atoms with Crippen molar-refractivity contribution >= 4 is 17.5 Å². The number of nitrogens with zero attached hydrogens (tertiary/aromatic N) is 2. The van der Waals surface area contributed by atoms with Crippen LogP contribution in [0.5, 0.6) is 0 Å². The van der Waals surface area contributed by atoms with E-state index in [0.717, 1.165) is 18.8 Å². The fourth-order valence-electron chi connectivity index (χ4n) is 2.59. The Bertz CT molecular complexity index is 261. The minimum absolute atomic E-state index is 0.151. The Morgan fingerprint density at radius 2 is 1.93 bits per heavy atom. The van der Waals surface area contributed by atoms with Gasteiger partial charge in [-0.25, -0.2) is 0 Å². The Kier molecular flexibility index (Phi) is 3.10. The maximum atomic E-state index is 11.5. The number of carbonyl (C=O) groups excluding carboxylic acids is 1. The first kappa shape index (κ1) is 11.4. The number of piperidine rings is 1. The first-order valence-electron chi connectivity index (χ1n) is 5.61. The summed E-state index contributed by atoms with van der Waals surface area (Å²) < 4.78 is 0. The predicted molar refractivity (Wildman–Crippen MR) is 64.2 cm³/mol. The van der Waals surface area contributed by atoms with Crippen LogP contribution in [0.25, 0.3) is 0 Å². The summed E-state index contributed by atoms with van der Waals surface area (Å²) in [6.45, 7) is 4.03. The number of Topliss-reactive ketones (excluding diaryl/α,β-unsaturated/α-hetero) is 1. The molecule has 1 spiro atoms. The zero-order valence-electron chi connectivity index (χ0n) is 9.82. The molecule has 0 saturated carbocycles. The van der Waals surface area contributed by atoms with Crippen LogP contribution in [0.1, 0.15) is 19.8 Å². The number of thioether (sulfide) groups is 1. The SMILES string of the molecule is CC(=O)C1CSC2(CCN(C)CC2)N1C. The number of rotatable bonds is 1. The van der Waals surface area contributed by atoms with Gasteiger partial charge in [-0.1, -0.05) is 0 Å². The van der Waals surface area contributed by atoms with E-state index in [1.807, 2.05) is 11.8 Å². The van der Waals surface area contributed by atoms with Crippen LogP contribution < -0.4 is 0 Å². The third-order valence-electron chi connectivity index (χ3n) is 3.86. The second-order valence-corrected chi connectivity index (χ2v) is 6.18. The van der Waals surface area contributed by atoms with Crippen molar-refractivity contribution in [2.75, 3.05) is 32.9 Å². The first-order valence-corrected chi connectivity index (χ1v) is 6.60. The van der Waals surface area contributed by atoms with Crippen LogP contribution in [-0.4, -0.2) is 59.4 Å². The van der Waals surface area contributed by atoms with Gasteiger partial charge in [0.05, 0.1) is 10.9 Å². The molecule has 2 aliphatic heterocycles. The molecule has 2 aliphatic rings. The highest BCUT2D eigenvalue weighted by molar-refractivity contribution is 8.00. The average Bonchev–Trinajstić information content (AvgIpc) is 2.50. The Morgan fingerprint density at radius 3 is 2.40 bits per heavy atom. The lowest BCUT2D eigenvalue weighted by Gasteiger charge is -2.42. The summed E-state index contributed by atoms with van der Waals surface area (Å²) in [5.74, 6) is 1.30. The van der Waals surface area contributed by atoms with E-state index in [-0.39, 0.29) is 10.9 Å². The second-order valence-electron chi connectivity index (χ2n) is 4.80. The lowest BCUT2D eigenvalue weighted by atomic mass is 10.0. The van der Waals surface area contributed by atoms with Gasteiger partial charge in [0, 0.05) is 18.8 Å². The maximum Gasteiger partial charge on any atom is 0.147 e. The normalized spacial score (nSPS) is 32.3. The summed E-state index contributed by atoms with van der Waals surface area (Å²) in [4.78, 5) is 16.4. The zero-order chi connectivity index (χ0) is 11.1. The fourth-order valence-corrected chi connectivity index (χ4v) is 4.32. The summed E-state index contributed by atoms with van der Waals surface area (Å²) in [5, 5.41) is 0. The van der Waals surface area contributed by atoms with E-state index in [2.05, 4.69) is 23.9 Å². The predicted octanol–water partition coefficient (Wildman–Crippen LogP) is 1.04.